The van der Waals surface area contributed by atoms with Gasteiger partial charge in [-0.05, 0) is 23.9 Å². The third kappa shape index (κ3) is 5.07. The quantitative estimate of drug-likeness (QED) is 0.485. The highest BCUT2D eigenvalue weighted by molar-refractivity contribution is 8.13. The van der Waals surface area contributed by atoms with Gasteiger partial charge in [0.15, 0.2) is 6.73 Å². The fourth-order valence-corrected chi connectivity index (χ4v) is 1.41. The summed E-state index contributed by atoms with van der Waals surface area (Å²) in [6.07, 6.45) is 0. The Morgan fingerprint density at radius 1 is 1.33 bits per heavy atom. The van der Waals surface area contributed by atoms with Gasteiger partial charge in [-0.25, -0.2) is 4.79 Å². The van der Waals surface area contributed by atoms with E-state index in [9.17, 15) is 9.59 Å². The SMILES string of the molecule is CC(=O)NCOC(=O)Sc1ccccc1. The van der Waals surface area contributed by atoms with Crippen molar-refractivity contribution in [2.24, 2.45) is 0 Å². The summed E-state index contributed by atoms with van der Waals surface area (Å²) in [5, 5.41) is 1.93. The van der Waals surface area contributed by atoms with Crippen LogP contribution in [0.4, 0.5) is 4.79 Å². The number of thioether (sulfide) groups is 1. The van der Waals surface area contributed by atoms with Crippen molar-refractivity contribution < 1.29 is 14.3 Å². The maximum atomic E-state index is 11.2. The van der Waals surface area contributed by atoms with Crippen molar-refractivity contribution in [3.05, 3.63) is 30.3 Å². The molecule has 0 aromatic heterocycles. The first-order valence-electron chi connectivity index (χ1n) is 4.32. The highest BCUT2D eigenvalue weighted by Gasteiger charge is 2.04. The number of ether oxygens (including phenoxy) is 1. The number of amides is 1. The van der Waals surface area contributed by atoms with E-state index in [0.717, 1.165) is 16.7 Å². The summed E-state index contributed by atoms with van der Waals surface area (Å²) in [4.78, 5) is 22.5. The molecular weight excluding hydrogens is 214 g/mol. The first-order chi connectivity index (χ1) is 7.18. The lowest BCUT2D eigenvalue weighted by Crippen LogP contribution is -2.23. The molecule has 80 valence electrons. The summed E-state index contributed by atoms with van der Waals surface area (Å²) in [6.45, 7) is 1.27. The lowest BCUT2D eigenvalue weighted by atomic mass is 10.4. The summed E-state index contributed by atoms with van der Waals surface area (Å²) in [7, 11) is 0. The second-order valence-electron chi connectivity index (χ2n) is 2.69. The fourth-order valence-electron chi connectivity index (χ4n) is 0.811. The van der Waals surface area contributed by atoms with E-state index in [1.54, 1.807) is 0 Å². The summed E-state index contributed by atoms with van der Waals surface area (Å²) in [6, 6.07) is 9.16. The van der Waals surface area contributed by atoms with Gasteiger partial charge in [0.2, 0.25) is 5.91 Å². The molecule has 1 aromatic rings. The van der Waals surface area contributed by atoms with Crippen LogP contribution in [0.3, 0.4) is 0 Å². The van der Waals surface area contributed by atoms with E-state index in [2.05, 4.69) is 5.32 Å². The third-order valence-electron chi connectivity index (χ3n) is 1.46. The maximum Gasteiger partial charge on any atom is 0.373 e. The Kier molecular flexibility index (Phi) is 4.70. The van der Waals surface area contributed by atoms with Gasteiger partial charge in [0.05, 0.1) is 0 Å². The molecule has 0 spiro atoms. The zero-order valence-electron chi connectivity index (χ0n) is 8.23. The molecule has 0 saturated carbocycles. The molecule has 0 atom stereocenters. The average Bonchev–Trinajstić information content (AvgIpc) is 2.18. The van der Waals surface area contributed by atoms with Crippen molar-refractivity contribution in [3.8, 4) is 0 Å². The summed E-state index contributed by atoms with van der Waals surface area (Å²) >= 11 is 0.983. The van der Waals surface area contributed by atoms with E-state index in [1.165, 1.54) is 6.92 Å². The molecule has 1 amide bonds. The van der Waals surface area contributed by atoms with Gasteiger partial charge >= 0.3 is 5.30 Å². The standard InChI is InChI=1S/C10H11NO3S/c1-8(12)11-7-14-10(13)15-9-5-3-2-4-6-9/h2-6H,7H2,1H3,(H,11,12). The largest absolute Gasteiger partial charge is 0.436 e. The van der Waals surface area contributed by atoms with E-state index in [0.29, 0.717) is 0 Å². The molecule has 1 N–H and O–H groups in total. The monoisotopic (exact) mass is 225 g/mol. The molecule has 0 unspecified atom stereocenters. The Bertz CT molecular complexity index is 340. The lowest BCUT2D eigenvalue weighted by Gasteiger charge is -2.03. The minimum atomic E-state index is -0.435. The van der Waals surface area contributed by atoms with Gasteiger partial charge in [-0.2, -0.15) is 0 Å². The maximum absolute atomic E-state index is 11.2. The molecule has 0 radical (unpaired) electrons. The van der Waals surface area contributed by atoms with Crippen molar-refractivity contribution >= 4 is 23.0 Å². The number of carbonyl (C=O) groups is 2. The highest BCUT2D eigenvalue weighted by atomic mass is 32.2. The van der Waals surface area contributed by atoms with E-state index >= 15 is 0 Å². The van der Waals surface area contributed by atoms with Gasteiger partial charge < -0.3 is 10.1 Å². The minimum Gasteiger partial charge on any atom is -0.436 e. The number of hydrogen-bond donors (Lipinski definition) is 1. The Morgan fingerprint density at radius 2 is 2.00 bits per heavy atom. The molecule has 0 aliphatic rings. The van der Waals surface area contributed by atoms with Gasteiger partial charge in [-0.3, -0.25) is 4.79 Å². The predicted molar refractivity (Wildman–Crippen MR) is 57.5 cm³/mol. The summed E-state index contributed by atoms with van der Waals surface area (Å²) in [5.74, 6) is -0.229. The van der Waals surface area contributed by atoms with Crippen LogP contribution in [-0.4, -0.2) is 17.9 Å². The van der Waals surface area contributed by atoms with Gasteiger partial charge in [-0.15, -0.1) is 0 Å². The Morgan fingerprint density at radius 3 is 2.60 bits per heavy atom. The normalized spacial score (nSPS) is 9.40. The van der Waals surface area contributed by atoms with Crippen molar-refractivity contribution in [2.75, 3.05) is 6.73 Å². The van der Waals surface area contributed by atoms with Gasteiger partial charge in [0.1, 0.15) is 0 Å². The summed E-state index contributed by atoms with van der Waals surface area (Å²) in [5.41, 5.74) is 0. The van der Waals surface area contributed by atoms with E-state index in [-0.39, 0.29) is 12.6 Å². The molecule has 1 rings (SSSR count). The Labute approximate surface area is 92.0 Å². The van der Waals surface area contributed by atoms with Crippen LogP contribution < -0.4 is 5.32 Å². The first-order valence-corrected chi connectivity index (χ1v) is 5.14. The zero-order chi connectivity index (χ0) is 11.1. The van der Waals surface area contributed by atoms with Gasteiger partial charge in [0, 0.05) is 11.8 Å². The Hall–Kier alpha value is -1.49. The van der Waals surface area contributed by atoms with Crippen LogP contribution in [0, 0.1) is 0 Å². The van der Waals surface area contributed by atoms with Crippen molar-refractivity contribution in [1.82, 2.24) is 5.32 Å². The molecule has 5 heteroatoms. The van der Waals surface area contributed by atoms with Crippen LogP contribution in [0.25, 0.3) is 0 Å². The second-order valence-corrected chi connectivity index (χ2v) is 3.70. The number of hydrogen-bond acceptors (Lipinski definition) is 4. The van der Waals surface area contributed by atoms with Crippen LogP contribution >= 0.6 is 11.8 Å². The number of benzene rings is 1. The van der Waals surface area contributed by atoms with Crippen LogP contribution in [0.2, 0.25) is 0 Å². The number of nitrogens with one attached hydrogen (secondary N) is 1. The van der Waals surface area contributed by atoms with E-state index in [1.807, 2.05) is 30.3 Å². The molecular formula is C10H11NO3S. The Balaban J connectivity index is 2.28. The van der Waals surface area contributed by atoms with Crippen LogP contribution in [0.15, 0.2) is 35.2 Å². The van der Waals surface area contributed by atoms with E-state index < -0.39 is 5.30 Å². The topological polar surface area (TPSA) is 55.4 Å². The average molecular weight is 225 g/mol. The van der Waals surface area contributed by atoms with Crippen molar-refractivity contribution in [2.45, 2.75) is 11.8 Å². The zero-order valence-corrected chi connectivity index (χ0v) is 9.04. The lowest BCUT2D eigenvalue weighted by molar-refractivity contribution is -0.119. The molecule has 0 bridgehead atoms. The summed E-state index contributed by atoms with van der Waals surface area (Å²) < 4.78 is 4.75. The molecule has 0 aliphatic carbocycles. The smallest absolute Gasteiger partial charge is 0.373 e. The van der Waals surface area contributed by atoms with Gasteiger partial charge in [-0.1, -0.05) is 18.2 Å². The molecule has 15 heavy (non-hydrogen) atoms. The van der Waals surface area contributed by atoms with E-state index in [4.69, 9.17) is 4.74 Å². The van der Waals surface area contributed by atoms with Crippen LogP contribution in [0.1, 0.15) is 6.92 Å². The molecule has 0 heterocycles. The van der Waals surface area contributed by atoms with Gasteiger partial charge in [0.25, 0.3) is 0 Å². The molecule has 0 aliphatic heterocycles. The molecule has 0 fully saturated rings. The van der Waals surface area contributed by atoms with Crippen molar-refractivity contribution in [1.29, 1.82) is 0 Å². The number of rotatable bonds is 3. The highest BCUT2D eigenvalue weighted by Crippen LogP contribution is 2.18. The predicted octanol–water partition coefficient (Wildman–Crippen LogP) is 2.01. The second kappa shape index (κ2) is 6.08. The molecule has 1 aromatic carbocycles. The van der Waals surface area contributed by atoms with Crippen LogP contribution in [-0.2, 0) is 9.53 Å². The minimum absolute atomic E-state index is 0.0893. The molecule has 0 saturated heterocycles. The molecule has 4 nitrogen and oxygen atoms in total. The first kappa shape index (κ1) is 11.6. The fraction of sp³-hybridized carbons (Fsp3) is 0.200. The number of carbonyl (C=O) groups excluding carboxylic acids is 2. The van der Waals surface area contributed by atoms with Crippen molar-refractivity contribution in [3.63, 3.8) is 0 Å². The third-order valence-corrected chi connectivity index (χ3v) is 2.25. The van der Waals surface area contributed by atoms with Crippen LogP contribution in [0.5, 0.6) is 0 Å².